The molecule has 20 heavy (non-hydrogen) atoms. The van der Waals surface area contributed by atoms with Crippen LogP contribution in [0.25, 0.3) is 0 Å². The first-order valence-corrected chi connectivity index (χ1v) is 6.95. The minimum absolute atomic E-state index is 0.00846. The van der Waals surface area contributed by atoms with Crippen LogP contribution in [-0.4, -0.2) is 11.0 Å². The summed E-state index contributed by atoms with van der Waals surface area (Å²) in [5.74, 6) is -0.233. The molecule has 0 bridgehead atoms. The zero-order valence-electron chi connectivity index (χ0n) is 10.7. The molecule has 0 aliphatic heterocycles. The third-order valence-electron chi connectivity index (χ3n) is 2.89. The molecular weight excluding hydrogens is 320 g/mol. The largest absolute Gasteiger partial charge is 0.505 e. The quantitative estimate of drug-likeness (QED) is 0.751. The van der Waals surface area contributed by atoms with Gasteiger partial charge >= 0.3 is 0 Å². The number of amides is 1. The number of hydrogen-bond acceptors (Lipinski definition) is 3. The minimum atomic E-state index is -0.370. The van der Waals surface area contributed by atoms with Gasteiger partial charge in [0, 0.05) is 12.5 Å². The Morgan fingerprint density at radius 2 is 1.90 bits per heavy atom. The van der Waals surface area contributed by atoms with Crippen molar-refractivity contribution in [2.24, 2.45) is 5.73 Å². The molecule has 1 unspecified atom stereocenters. The molecule has 0 saturated carbocycles. The average molecular weight is 335 g/mol. The van der Waals surface area contributed by atoms with E-state index in [1.165, 1.54) is 0 Å². The normalized spacial score (nSPS) is 11.9. The number of aromatic hydroxyl groups is 1. The van der Waals surface area contributed by atoms with Gasteiger partial charge in [0.1, 0.15) is 0 Å². The van der Waals surface area contributed by atoms with Gasteiger partial charge in [0.05, 0.1) is 10.2 Å². The van der Waals surface area contributed by atoms with Crippen LogP contribution in [-0.2, 0) is 4.79 Å². The minimum Gasteiger partial charge on any atom is -0.505 e. The lowest BCUT2D eigenvalue weighted by Gasteiger charge is -2.13. The van der Waals surface area contributed by atoms with Gasteiger partial charge in [0.15, 0.2) is 5.75 Å². The van der Waals surface area contributed by atoms with Gasteiger partial charge in [-0.1, -0.05) is 36.4 Å². The SMILES string of the molecule is NC(CC(=O)Nc1cccc(Br)c1O)c1ccccc1. The molecule has 2 aromatic rings. The fourth-order valence-corrected chi connectivity index (χ4v) is 2.20. The molecule has 0 aliphatic carbocycles. The monoisotopic (exact) mass is 334 g/mol. The maximum atomic E-state index is 11.9. The molecule has 0 radical (unpaired) electrons. The lowest BCUT2D eigenvalue weighted by atomic mass is 10.0. The number of phenols is 1. The number of nitrogens with two attached hydrogens (primary N) is 1. The van der Waals surface area contributed by atoms with Crippen LogP contribution in [0.15, 0.2) is 53.0 Å². The Bertz CT molecular complexity index is 602. The predicted molar refractivity (Wildman–Crippen MR) is 82.4 cm³/mol. The first kappa shape index (κ1) is 14.6. The van der Waals surface area contributed by atoms with Gasteiger partial charge in [0.2, 0.25) is 5.91 Å². The highest BCUT2D eigenvalue weighted by Gasteiger charge is 2.13. The molecule has 2 aromatic carbocycles. The van der Waals surface area contributed by atoms with Crippen LogP contribution in [0.4, 0.5) is 5.69 Å². The standard InChI is InChI=1S/C15H15BrN2O2/c16-11-7-4-8-13(15(11)20)18-14(19)9-12(17)10-5-2-1-3-6-10/h1-8,12,20H,9,17H2,(H,18,19). The number of nitrogens with one attached hydrogen (secondary N) is 1. The summed E-state index contributed by atoms with van der Waals surface area (Å²) < 4.78 is 0.530. The Labute approximate surface area is 125 Å². The number of hydrogen-bond donors (Lipinski definition) is 3. The average Bonchev–Trinajstić information content (AvgIpc) is 2.45. The molecule has 2 rings (SSSR count). The van der Waals surface area contributed by atoms with Crippen molar-refractivity contribution in [2.45, 2.75) is 12.5 Å². The molecule has 0 fully saturated rings. The van der Waals surface area contributed by atoms with Crippen molar-refractivity contribution in [3.8, 4) is 5.75 Å². The Kier molecular flexibility index (Phi) is 4.76. The molecule has 0 spiro atoms. The molecule has 0 aromatic heterocycles. The Hall–Kier alpha value is -1.85. The summed E-state index contributed by atoms with van der Waals surface area (Å²) in [6.07, 6.45) is 0.149. The summed E-state index contributed by atoms with van der Waals surface area (Å²) >= 11 is 3.20. The molecule has 104 valence electrons. The van der Waals surface area contributed by atoms with Crippen LogP contribution in [0.2, 0.25) is 0 Å². The molecule has 0 saturated heterocycles. The fourth-order valence-electron chi connectivity index (χ4n) is 1.84. The number of carbonyl (C=O) groups excluding carboxylic acids is 1. The van der Waals surface area contributed by atoms with E-state index < -0.39 is 0 Å². The fraction of sp³-hybridized carbons (Fsp3) is 0.133. The van der Waals surface area contributed by atoms with Crippen LogP contribution < -0.4 is 11.1 Å². The van der Waals surface area contributed by atoms with Gasteiger partial charge in [-0.2, -0.15) is 0 Å². The third-order valence-corrected chi connectivity index (χ3v) is 3.53. The van der Waals surface area contributed by atoms with E-state index in [9.17, 15) is 9.90 Å². The molecule has 0 aliphatic rings. The second-order valence-electron chi connectivity index (χ2n) is 4.41. The molecule has 1 amide bonds. The highest BCUT2D eigenvalue weighted by Crippen LogP contribution is 2.31. The summed E-state index contributed by atoms with van der Waals surface area (Å²) in [7, 11) is 0. The molecular formula is C15H15BrN2O2. The predicted octanol–water partition coefficient (Wildman–Crippen LogP) is 3.18. The van der Waals surface area contributed by atoms with Gasteiger partial charge < -0.3 is 16.2 Å². The van der Waals surface area contributed by atoms with E-state index in [0.29, 0.717) is 10.2 Å². The van der Waals surface area contributed by atoms with E-state index in [0.717, 1.165) is 5.56 Å². The summed E-state index contributed by atoms with van der Waals surface area (Å²) in [4.78, 5) is 11.9. The number of para-hydroxylation sites is 1. The van der Waals surface area contributed by atoms with Crippen molar-refractivity contribution in [3.05, 3.63) is 58.6 Å². The van der Waals surface area contributed by atoms with E-state index in [-0.39, 0.29) is 24.1 Å². The van der Waals surface area contributed by atoms with E-state index in [1.54, 1.807) is 18.2 Å². The first-order chi connectivity index (χ1) is 9.58. The van der Waals surface area contributed by atoms with Crippen molar-refractivity contribution >= 4 is 27.5 Å². The number of benzene rings is 2. The number of phenolic OH excluding ortho intramolecular Hbond substituents is 1. The Morgan fingerprint density at radius 1 is 1.20 bits per heavy atom. The zero-order valence-corrected chi connectivity index (χ0v) is 12.3. The van der Waals surface area contributed by atoms with Crippen LogP contribution in [0, 0.1) is 0 Å². The topological polar surface area (TPSA) is 75.4 Å². The van der Waals surface area contributed by atoms with Gasteiger partial charge in [-0.15, -0.1) is 0 Å². The van der Waals surface area contributed by atoms with Crippen molar-refractivity contribution < 1.29 is 9.90 Å². The van der Waals surface area contributed by atoms with E-state index in [2.05, 4.69) is 21.2 Å². The van der Waals surface area contributed by atoms with Crippen molar-refractivity contribution in [3.63, 3.8) is 0 Å². The third kappa shape index (κ3) is 3.59. The van der Waals surface area contributed by atoms with Crippen molar-refractivity contribution in [1.82, 2.24) is 0 Å². The summed E-state index contributed by atoms with van der Waals surface area (Å²) in [5, 5.41) is 12.5. The Morgan fingerprint density at radius 3 is 2.60 bits per heavy atom. The maximum absolute atomic E-state index is 11.9. The number of carbonyl (C=O) groups is 1. The van der Waals surface area contributed by atoms with Gasteiger partial charge in [-0.3, -0.25) is 4.79 Å². The zero-order chi connectivity index (χ0) is 14.5. The highest BCUT2D eigenvalue weighted by molar-refractivity contribution is 9.10. The Balaban J connectivity index is 2.01. The first-order valence-electron chi connectivity index (χ1n) is 6.16. The van der Waals surface area contributed by atoms with Gasteiger partial charge in [-0.05, 0) is 33.6 Å². The van der Waals surface area contributed by atoms with E-state index >= 15 is 0 Å². The van der Waals surface area contributed by atoms with Crippen molar-refractivity contribution in [1.29, 1.82) is 0 Å². The number of anilines is 1. The highest BCUT2D eigenvalue weighted by atomic mass is 79.9. The lowest BCUT2D eigenvalue weighted by Crippen LogP contribution is -2.20. The van der Waals surface area contributed by atoms with E-state index in [4.69, 9.17) is 5.73 Å². The second kappa shape index (κ2) is 6.54. The molecule has 4 nitrogen and oxygen atoms in total. The maximum Gasteiger partial charge on any atom is 0.226 e. The van der Waals surface area contributed by atoms with Crippen LogP contribution in [0.1, 0.15) is 18.0 Å². The number of rotatable bonds is 4. The van der Waals surface area contributed by atoms with Crippen LogP contribution in [0.3, 0.4) is 0 Å². The molecule has 1 atom stereocenters. The molecule has 0 heterocycles. The smallest absolute Gasteiger partial charge is 0.226 e. The van der Waals surface area contributed by atoms with Crippen LogP contribution in [0.5, 0.6) is 5.75 Å². The summed E-state index contributed by atoms with van der Waals surface area (Å²) in [5.41, 5.74) is 7.25. The van der Waals surface area contributed by atoms with Gasteiger partial charge in [-0.25, -0.2) is 0 Å². The summed E-state index contributed by atoms with van der Waals surface area (Å²) in [6, 6.07) is 14.1. The second-order valence-corrected chi connectivity index (χ2v) is 5.26. The van der Waals surface area contributed by atoms with Crippen molar-refractivity contribution in [2.75, 3.05) is 5.32 Å². The van der Waals surface area contributed by atoms with Crippen LogP contribution >= 0.6 is 15.9 Å². The molecule has 4 N–H and O–H groups in total. The summed E-state index contributed by atoms with van der Waals surface area (Å²) in [6.45, 7) is 0. The molecule has 5 heteroatoms. The van der Waals surface area contributed by atoms with E-state index in [1.807, 2.05) is 30.3 Å². The van der Waals surface area contributed by atoms with Gasteiger partial charge in [0.25, 0.3) is 0 Å². The lowest BCUT2D eigenvalue weighted by molar-refractivity contribution is -0.116. The number of halogens is 1.